The summed E-state index contributed by atoms with van der Waals surface area (Å²) >= 11 is 2.10. The Labute approximate surface area is 104 Å². The van der Waals surface area contributed by atoms with E-state index in [2.05, 4.69) is 30.5 Å². The van der Waals surface area contributed by atoms with E-state index in [4.69, 9.17) is 5.73 Å². The summed E-state index contributed by atoms with van der Waals surface area (Å²) in [5.74, 6) is 3.39. The fraction of sp³-hybridized carbons (Fsp3) is 1.00. The fourth-order valence-corrected chi connectivity index (χ4v) is 4.69. The molecule has 0 spiro atoms. The lowest BCUT2D eigenvalue weighted by Crippen LogP contribution is -2.58. The predicted octanol–water partition coefficient (Wildman–Crippen LogP) is 2.33. The SMILES string of the molecule is CC(C)C1CCCN1C1(CN)CCSCC1. The summed E-state index contributed by atoms with van der Waals surface area (Å²) in [5.41, 5.74) is 6.47. The zero-order valence-corrected chi connectivity index (χ0v) is 11.6. The van der Waals surface area contributed by atoms with E-state index in [1.807, 2.05) is 0 Å². The molecular weight excluding hydrogens is 216 g/mol. The quantitative estimate of drug-likeness (QED) is 0.823. The molecule has 0 amide bonds. The van der Waals surface area contributed by atoms with Crippen molar-refractivity contribution in [2.24, 2.45) is 11.7 Å². The van der Waals surface area contributed by atoms with Crippen molar-refractivity contribution in [2.45, 2.75) is 51.1 Å². The first kappa shape index (κ1) is 12.7. The Bertz CT molecular complexity index is 224. The van der Waals surface area contributed by atoms with Gasteiger partial charge in [-0.3, -0.25) is 4.90 Å². The van der Waals surface area contributed by atoms with Gasteiger partial charge < -0.3 is 5.73 Å². The van der Waals surface area contributed by atoms with Gasteiger partial charge in [0.1, 0.15) is 0 Å². The molecule has 3 heteroatoms. The molecule has 0 bridgehead atoms. The Morgan fingerprint density at radius 1 is 1.38 bits per heavy atom. The van der Waals surface area contributed by atoms with Crippen LogP contribution in [0.1, 0.15) is 39.5 Å². The minimum atomic E-state index is 0.344. The van der Waals surface area contributed by atoms with Gasteiger partial charge in [-0.05, 0) is 49.7 Å². The highest BCUT2D eigenvalue weighted by Gasteiger charge is 2.43. The molecule has 0 aromatic carbocycles. The molecule has 0 aromatic heterocycles. The lowest BCUT2D eigenvalue weighted by molar-refractivity contribution is 0.0525. The summed E-state index contributed by atoms with van der Waals surface area (Å²) in [4.78, 5) is 2.78. The van der Waals surface area contributed by atoms with E-state index in [1.54, 1.807) is 0 Å². The Morgan fingerprint density at radius 2 is 2.06 bits per heavy atom. The number of nitrogens with two attached hydrogens (primary N) is 1. The van der Waals surface area contributed by atoms with Gasteiger partial charge >= 0.3 is 0 Å². The van der Waals surface area contributed by atoms with Crippen molar-refractivity contribution in [1.29, 1.82) is 0 Å². The van der Waals surface area contributed by atoms with Crippen molar-refractivity contribution < 1.29 is 0 Å². The number of rotatable bonds is 3. The standard InChI is InChI=1S/C13H26N2S/c1-11(2)12-4-3-7-15(12)13(10-14)5-8-16-9-6-13/h11-12H,3-10,14H2,1-2H3. The van der Waals surface area contributed by atoms with Crippen LogP contribution in [0.4, 0.5) is 0 Å². The molecule has 0 aliphatic carbocycles. The summed E-state index contributed by atoms with van der Waals surface area (Å²) in [6.07, 6.45) is 5.36. The van der Waals surface area contributed by atoms with Crippen LogP contribution in [0.2, 0.25) is 0 Å². The Kier molecular flexibility index (Phi) is 4.20. The molecule has 2 saturated heterocycles. The summed E-state index contributed by atoms with van der Waals surface area (Å²) < 4.78 is 0. The number of likely N-dealkylation sites (tertiary alicyclic amines) is 1. The van der Waals surface area contributed by atoms with Crippen LogP contribution in [0.3, 0.4) is 0 Å². The zero-order valence-electron chi connectivity index (χ0n) is 10.7. The van der Waals surface area contributed by atoms with Crippen molar-refractivity contribution in [3.8, 4) is 0 Å². The summed E-state index contributed by atoms with van der Waals surface area (Å²) in [6, 6.07) is 0.784. The van der Waals surface area contributed by atoms with Gasteiger partial charge in [-0.15, -0.1) is 0 Å². The van der Waals surface area contributed by atoms with Gasteiger partial charge in [-0.1, -0.05) is 13.8 Å². The molecule has 1 atom stereocenters. The second kappa shape index (κ2) is 5.28. The van der Waals surface area contributed by atoms with Gasteiger partial charge in [0.15, 0.2) is 0 Å². The molecule has 2 rings (SSSR count). The smallest absolute Gasteiger partial charge is 0.0350 e. The van der Waals surface area contributed by atoms with E-state index in [9.17, 15) is 0 Å². The molecule has 94 valence electrons. The van der Waals surface area contributed by atoms with Crippen LogP contribution in [0.15, 0.2) is 0 Å². The number of hydrogen-bond donors (Lipinski definition) is 1. The third kappa shape index (κ3) is 2.27. The van der Waals surface area contributed by atoms with Crippen LogP contribution in [0, 0.1) is 5.92 Å². The van der Waals surface area contributed by atoms with E-state index < -0.39 is 0 Å². The Balaban J connectivity index is 2.12. The zero-order chi connectivity index (χ0) is 11.6. The van der Waals surface area contributed by atoms with Crippen LogP contribution in [-0.2, 0) is 0 Å². The van der Waals surface area contributed by atoms with E-state index in [0.717, 1.165) is 18.5 Å². The minimum absolute atomic E-state index is 0.344. The van der Waals surface area contributed by atoms with Crippen LogP contribution < -0.4 is 5.73 Å². The second-order valence-corrected chi connectivity index (χ2v) is 6.91. The first-order chi connectivity index (χ1) is 7.69. The van der Waals surface area contributed by atoms with Gasteiger partial charge in [-0.2, -0.15) is 11.8 Å². The van der Waals surface area contributed by atoms with Crippen molar-refractivity contribution in [3.63, 3.8) is 0 Å². The predicted molar refractivity (Wildman–Crippen MR) is 72.9 cm³/mol. The van der Waals surface area contributed by atoms with Crippen LogP contribution in [0.5, 0.6) is 0 Å². The lowest BCUT2D eigenvalue weighted by Gasteiger charge is -2.47. The largest absolute Gasteiger partial charge is 0.329 e. The maximum atomic E-state index is 6.13. The lowest BCUT2D eigenvalue weighted by atomic mass is 9.87. The Morgan fingerprint density at radius 3 is 2.62 bits per heavy atom. The van der Waals surface area contributed by atoms with Crippen LogP contribution in [-0.4, -0.2) is 41.1 Å². The van der Waals surface area contributed by atoms with Crippen molar-refractivity contribution in [2.75, 3.05) is 24.6 Å². The van der Waals surface area contributed by atoms with Crippen LogP contribution >= 0.6 is 11.8 Å². The second-order valence-electron chi connectivity index (χ2n) is 5.69. The van der Waals surface area contributed by atoms with Crippen molar-refractivity contribution in [1.82, 2.24) is 4.90 Å². The fourth-order valence-electron chi connectivity index (χ4n) is 3.43. The molecule has 0 saturated carbocycles. The highest BCUT2D eigenvalue weighted by atomic mass is 32.2. The number of hydrogen-bond acceptors (Lipinski definition) is 3. The minimum Gasteiger partial charge on any atom is -0.329 e. The molecule has 2 fully saturated rings. The van der Waals surface area contributed by atoms with Gasteiger partial charge in [0.05, 0.1) is 0 Å². The molecule has 0 radical (unpaired) electrons. The molecule has 0 aromatic rings. The monoisotopic (exact) mass is 242 g/mol. The van der Waals surface area contributed by atoms with E-state index in [0.29, 0.717) is 5.54 Å². The van der Waals surface area contributed by atoms with E-state index in [1.165, 1.54) is 43.7 Å². The molecule has 2 aliphatic heterocycles. The van der Waals surface area contributed by atoms with Gasteiger partial charge in [0, 0.05) is 18.1 Å². The number of nitrogens with zero attached hydrogens (tertiary/aromatic N) is 1. The summed E-state index contributed by atoms with van der Waals surface area (Å²) in [7, 11) is 0. The maximum Gasteiger partial charge on any atom is 0.0350 e. The van der Waals surface area contributed by atoms with Gasteiger partial charge in [-0.25, -0.2) is 0 Å². The molecule has 2 N–H and O–H groups in total. The molecule has 16 heavy (non-hydrogen) atoms. The summed E-state index contributed by atoms with van der Waals surface area (Å²) in [6.45, 7) is 6.87. The first-order valence-corrected chi connectivity index (χ1v) is 7.90. The normalized spacial score (nSPS) is 31.1. The molecule has 1 unspecified atom stereocenters. The highest BCUT2D eigenvalue weighted by molar-refractivity contribution is 7.99. The Hall–Kier alpha value is 0.270. The van der Waals surface area contributed by atoms with Gasteiger partial charge in [0.25, 0.3) is 0 Å². The molecular formula is C13H26N2S. The van der Waals surface area contributed by atoms with Crippen molar-refractivity contribution >= 4 is 11.8 Å². The highest BCUT2D eigenvalue weighted by Crippen LogP contribution is 2.38. The summed E-state index contributed by atoms with van der Waals surface area (Å²) in [5, 5.41) is 0. The molecule has 2 heterocycles. The topological polar surface area (TPSA) is 29.3 Å². The third-order valence-corrected chi connectivity index (χ3v) is 5.47. The maximum absolute atomic E-state index is 6.13. The van der Waals surface area contributed by atoms with E-state index in [-0.39, 0.29) is 0 Å². The molecule has 2 nitrogen and oxygen atoms in total. The first-order valence-electron chi connectivity index (χ1n) is 6.74. The van der Waals surface area contributed by atoms with Gasteiger partial charge in [0.2, 0.25) is 0 Å². The average Bonchev–Trinajstić information content (AvgIpc) is 2.79. The van der Waals surface area contributed by atoms with Crippen molar-refractivity contribution in [3.05, 3.63) is 0 Å². The average molecular weight is 242 g/mol. The van der Waals surface area contributed by atoms with Crippen LogP contribution in [0.25, 0.3) is 0 Å². The molecule has 2 aliphatic rings. The number of thioether (sulfide) groups is 1. The third-order valence-electron chi connectivity index (χ3n) is 4.48. The van der Waals surface area contributed by atoms with E-state index >= 15 is 0 Å².